The lowest BCUT2D eigenvalue weighted by molar-refractivity contribution is 0.166. The van der Waals surface area contributed by atoms with Crippen molar-refractivity contribution in [2.75, 3.05) is 6.54 Å². The highest BCUT2D eigenvalue weighted by Crippen LogP contribution is 2.13. The van der Waals surface area contributed by atoms with Crippen molar-refractivity contribution in [2.45, 2.75) is 18.9 Å². The predicted octanol–water partition coefficient (Wildman–Crippen LogP) is 1.49. The van der Waals surface area contributed by atoms with Gasteiger partial charge in [-0.15, -0.1) is 0 Å². The number of nitrogens with two attached hydrogens (primary N) is 1. The lowest BCUT2D eigenvalue weighted by Crippen LogP contribution is -2.16. The number of pyridine rings is 1. The second kappa shape index (κ2) is 5.05. The summed E-state index contributed by atoms with van der Waals surface area (Å²) < 4.78 is 0. The molecule has 0 amide bonds. The Balaban J connectivity index is 2.19. The molecule has 0 aliphatic rings. The molecule has 0 aliphatic carbocycles. The number of aromatic nitrogens is 1. The third kappa shape index (κ3) is 2.56. The molecule has 1 aromatic carbocycles. The zero-order chi connectivity index (χ0) is 11.4. The van der Waals surface area contributed by atoms with E-state index in [1.54, 1.807) is 0 Å². The molecule has 84 valence electrons. The van der Waals surface area contributed by atoms with Crippen LogP contribution < -0.4 is 5.73 Å². The lowest BCUT2D eigenvalue weighted by Gasteiger charge is -2.08. The van der Waals surface area contributed by atoms with E-state index in [9.17, 15) is 5.11 Å². The zero-order valence-electron chi connectivity index (χ0n) is 9.13. The number of aliphatic hydroxyl groups is 1. The van der Waals surface area contributed by atoms with Gasteiger partial charge in [0.25, 0.3) is 0 Å². The number of aliphatic hydroxyl groups excluding tert-OH is 1. The molecule has 0 saturated heterocycles. The first-order valence-electron chi connectivity index (χ1n) is 5.52. The standard InChI is InChI=1S/C13H16N2O/c14-8-7-12(16)9-11-6-5-10-3-1-2-4-13(10)15-11/h1-6,12,16H,7-9,14H2. The van der Waals surface area contributed by atoms with E-state index >= 15 is 0 Å². The molecule has 0 spiro atoms. The molecule has 3 N–H and O–H groups in total. The molecule has 16 heavy (non-hydrogen) atoms. The van der Waals surface area contributed by atoms with Crippen LogP contribution in [-0.2, 0) is 6.42 Å². The van der Waals surface area contributed by atoms with Crippen molar-refractivity contribution in [3.8, 4) is 0 Å². The molecule has 0 fully saturated rings. The molecule has 1 atom stereocenters. The molecule has 0 aliphatic heterocycles. The van der Waals surface area contributed by atoms with Gasteiger partial charge in [-0.2, -0.15) is 0 Å². The fraction of sp³-hybridized carbons (Fsp3) is 0.308. The largest absolute Gasteiger partial charge is 0.393 e. The fourth-order valence-electron chi connectivity index (χ4n) is 1.76. The van der Waals surface area contributed by atoms with Crippen LogP contribution in [-0.4, -0.2) is 22.7 Å². The van der Waals surface area contributed by atoms with Crippen molar-refractivity contribution >= 4 is 10.9 Å². The molecule has 0 radical (unpaired) electrons. The Hall–Kier alpha value is -1.45. The monoisotopic (exact) mass is 216 g/mol. The Morgan fingerprint density at radius 3 is 2.81 bits per heavy atom. The van der Waals surface area contributed by atoms with E-state index in [4.69, 9.17) is 5.73 Å². The maximum Gasteiger partial charge on any atom is 0.0705 e. The molecule has 0 bridgehead atoms. The highest BCUT2D eigenvalue weighted by atomic mass is 16.3. The summed E-state index contributed by atoms with van der Waals surface area (Å²) in [4.78, 5) is 4.50. The van der Waals surface area contributed by atoms with Gasteiger partial charge in [-0.3, -0.25) is 4.98 Å². The summed E-state index contributed by atoms with van der Waals surface area (Å²) >= 11 is 0. The minimum Gasteiger partial charge on any atom is -0.393 e. The van der Waals surface area contributed by atoms with Gasteiger partial charge < -0.3 is 10.8 Å². The van der Waals surface area contributed by atoms with Crippen LogP contribution in [0.25, 0.3) is 10.9 Å². The Bertz CT molecular complexity index is 470. The molecule has 2 rings (SSSR count). The van der Waals surface area contributed by atoms with Crippen LogP contribution in [0.4, 0.5) is 0 Å². The molecule has 1 heterocycles. The van der Waals surface area contributed by atoms with Gasteiger partial charge >= 0.3 is 0 Å². The number of nitrogens with zero attached hydrogens (tertiary/aromatic N) is 1. The molecule has 1 unspecified atom stereocenters. The number of hydrogen-bond donors (Lipinski definition) is 2. The number of rotatable bonds is 4. The van der Waals surface area contributed by atoms with Gasteiger partial charge in [-0.1, -0.05) is 24.3 Å². The predicted molar refractivity (Wildman–Crippen MR) is 65.1 cm³/mol. The van der Waals surface area contributed by atoms with Gasteiger partial charge in [0.05, 0.1) is 11.6 Å². The molecular formula is C13H16N2O. The van der Waals surface area contributed by atoms with Crippen LogP contribution in [0.5, 0.6) is 0 Å². The first-order chi connectivity index (χ1) is 7.79. The number of fused-ring (bicyclic) bond motifs is 1. The van der Waals surface area contributed by atoms with Crippen molar-refractivity contribution in [1.29, 1.82) is 0 Å². The van der Waals surface area contributed by atoms with Gasteiger partial charge in [0.2, 0.25) is 0 Å². The molecule has 3 heteroatoms. The summed E-state index contributed by atoms with van der Waals surface area (Å²) in [6.07, 6.45) is 0.801. The van der Waals surface area contributed by atoms with Gasteiger partial charge in [0.1, 0.15) is 0 Å². The van der Waals surface area contributed by atoms with Crippen molar-refractivity contribution < 1.29 is 5.11 Å². The molecular weight excluding hydrogens is 200 g/mol. The van der Waals surface area contributed by atoms with Crippen LogP contribution in [0.3, 0.4) is 0 Å². The van der Waals surface area contributed by atoms with Crippen LogP contribution in [0.2, 0.25) is 0 Å². The highest BCUT2D eigenvalue weighted by Gasteiger charge is 2.05. The number of hydrogen-bond acceptors (Lipinski definition) is 3. The third-order valence-electron chi connectivity index (χ3n) is 2.60. The Morgan fingerprint density at radius 2 is 2.00 bits per heavy atom. The quantitative estimate of drug-likeness (QED) is 0.814. The summed E-state index contributed by atoms with van der Waals surface area (Å²) in [6.45, 7) is 0.509. The molecule has 1 aromatic heterocycles. The van der Waals surface area contributed by atoms with E-state index < -0.39 is 6.10 Å². The van der Waals surface area contributed by atoms with Gasteiger partial charge in [-0.05, 0) is 25.1 Å². The summed E-state index contributed by atoms with van der Waals surface area (Å²) in [5, 5.41) is 10.8. The topological polar surface area (TPSA) is 59.1 Å². The first-order valence-corrected chi connectivity index (χ1v) is 5.52. The van der Waals surface area contributed by atoms with E-state index in [2.05, 4.69) is 4.98 Å². The van der Waals surface area contributed by atoms with Gasteiger partial charge in [0, 0.05) is 17.5 Å². The van der Waals surface area contributed by atoms with Crippen LogP contribution in [0.15, 0.2) is 36.4 Å². The van der Waals surface area contributed by atoms with E-state index in [0.29, 0.717) is 19.4 Å². The average Bonchev–Trinajstić information content (AvgIpc) is 2.29. The second-order valence-electron chi connectivity index (χ2n) is 3.93. The summed E-state index contributed by atoms with van der Waals surface area (Å²) in [5.74, 6) is 0. The number of para-hydroxylation sites is 1. The second-order valence-corrected chi connectivity index (χ2v) is 3.93. The van der Waals surface area contributed by atoms with Crippen molar-refractivity contribution in [1.82, 2.24) is 4.98 Å². The van der Waals surface area contributed by atoms with Crippen LogP contribution in [0, 0.1) is 0 Å². The van der Waals surface area contributed by atoms with E-state index in [-0.39, 0.29) is 0 Å². The number of benzene rings is 1. The fourth-order valence-corrected chi connectivity index (χ4v) is 1.76. The average molecular weight is 216 g/mol. The molecule has 2 aromatic rings. The Kier molecular flexibility index (Phi) is 3.49. The Labute approximate surface area is 94.9 Å². The highest BCUT2D eigenvalue weighted by molar-refractivity contribution is 5.78. The van der Waals surface area contributed by atoms with E-state index in [1.165, 1.54) is 0 Å². The van der Waals surface area contributed by atoms with Crippen molar-refractivity contribution in [2.24, 2.45) is 5.73 Å². The lowest BCUT2D eigenvalue weighted by atomic mass is 10.1. The van der Waals surface area contributed by atoms with E-state index in [0.717, 1.165) is 16.6 Å². The van der Waals surface area contributed by atoms with Gasteiger partial charge in [-0.25, -0.2) is 0 Å². The van der Waals surface area contributed by atoms with Crippen molar-refractivity contribution in [3.05, 3.63) is 42.1 Å². The molecule has 0 saturated carbocycles. The first kappa shape index (κ1) is 11.0. The minimum absolute atomic E-state index is 0.390. The van der Waals surface area contributed by atoms with E-state index in [1.807, 2.05) is 36.4 Å². The van der Waals surface area contributed by atoms with Crippen LogP contribution in [0.1, 0.15) is 12.1 Å². The normalized spacial score (nSPS) is 12.9. The third-order valence-corrected chi connectivity index (χ3v) is 2.60. The molecule has 3 nitrogen and oxygen atoms in total. The SMILES string of the molecule is NCCC(O)Cc1ccc2ccccc2n1. The smallest absolute Gasteiger partial charge is 0.0705 e. The van der Waals surface area contributed by atoms with Crippen LogP contribution >= 0.6 is 0 Å². The summed E-state index contributed by atoms with van der Waals surface area (Å²) in [6, 6.07) is 12.0. The minimum atomic E-state index is -0.390. The summed E-state index contributed by atoms with van der Waals surface area (Å²) in [5.41, 5.74) is 7.28. The maximum atomic E-state index is 9.65. The zero-order valence-corrected chi connectivity index (χ0v) is 9.13. The van der Waals surface area contributed by atoms with Gasteiger partial charge in [0.15, 0.2) is 0 Å². The Morgan fingerprint density at radius 1 is 1.19 bits per heavy atom. The van der Waals surface area contributed by atoms with Crippen molar-refractivity contribution in [3.63, 3.8) is 0 Å². The maximum absolute atomic E-state index is 9.65. The summed E-state index contributed by atoms with van der Waals surface area (Å²) in [7, 11) is 0.